The lowest BCUT2D eigenvalue weighted by Gasteiger charge is -2.19. The number of hydrazone groups is 2. The van der Waals surface area contributed by atoms with Crippen molar-refractivity contribution in [1.82, 2.24) is 19.4 Å². The summed E-state index contributed by atoms with van der Waals surface area (Å²) in [5, 5.41) is 12.6. The number of anilines is 4. The van der Waals surface area contributed by atoms with Crippen LogP contribution in [0.4, 0.5) is 23.3 Å². The second-order valence-electron chi connectivity index (χ2n) is 11.2. The zero-order chi connectivity index (χ0) is 34.3. The zero-order valence-electron chi connectivity index (χ0n) is 27.1. The molecule has 1 aliphatic rings. The smallest absolute Gasteiger partial charge is 0.240 e. The van der Waals surface area contributed by atoms with E-state index in [9.17, 15) is 16.8 Å². The molecule has 1 fully saturated rings. The van der Waals surface area contributed by atoms with E-state index in [0.29, 0.717) is 29.0 Å². The highest BCUT2D eigenvalue weighted by atomic mass is 32.2. The summed E-state index contributed by atoms with van der Waals surface area (Å²) in [5.74, 6) is 1.52. The first-order chi connectivity index (χ1) is 23.0. The van der Waals surface area contributed by atoms with Crippen LogP contribution in [-0.2, 0) is 20.0 Å². The number of aromatic nitrogens is 2. The standard InChI is InChI=1S/C33H39N9O4S2/c1-22(24-14-18-28(19-15-24)47(43,44)34-3)39-41-31-30(26-10-8-9-11-26)32(38-33(37-31)36-27-12-6-5-7-13-27)42-40-23(2)25-16-20-29(21-17-25)48(45,46)35-4/h5-7,12-21,26,34-35H,8-11H2,1-4H3,(H3,36,37,38,41,42). The summed E-state index contributed by atoms with van der Waals surface area (Å²) in [5.41, 5.74) is 10.7. The SMILES string of the molecule is CNS(=O)(=O)c1ccc(C(C)=NNc2nc(Nc3ccccc3)nc(NN=C(C)c3ccc(S(=O)(=O)NC)cc3)c2C2CCCC2)cc1. The van der Waals surface area contributed by atoms with Gasteiger partial charge in [-0.15, -0.1) is 0 Å². The summed E-state index contributed by atoms with van der Waals surface area (Å²) in [6.45, 7) is 3.65. The molecule has 1 saturated carbocycles. The first kappa shape index (κ1) is 34.6. The number of para-hydroxylation sites is 1. The topological polar surface area (TPSA) is 179 Å². The van der Waals surface area contributed by atoms with Crippen molar-refractivity contribution in [3.63, 3.8) is 0 Å². The van der Waals surface area contributed by atoms with Crippen LogP contribution in [0.15, 0.2) is 98.9 Å². The first-order valence-electron chi connectivity index (χ1n) is 15.4. The third kappa shape index (κ3) is 8.23. The molecule has 0 atom stereocenters. The fourth-order valence-electron chi connectivity index (χ4n) is 5.34. The van der Waals surface area contributed by atoms with Gasteiger partial charge in [-0.1, -0.05) is 55.3 Å². The minimum Gasteiger partial charge on any atom is -0.324 e. The van der Waals surface area contributed by atoms with E-state index in [1.54, 1.807) is 24.3 Å². The van der Waals surface area contributed by atoms with E-state index < -0.39 is 20.0 Å². The van der Waals surface area contributed by atoms with E-state index in [2.05, 4.69) is 35.8 Å². The molecular weight excluding hydrogens is 651 g/mol. The summed E-state index contributed by atoms with van der Waals surface area (Å²) in [4.78, 5) is 10.0. The number of hydrogen-bond acceptors (Lipinski definition) is 11. The molecule has 1 aliphatic carbocycles. The van der Waals surface area contributed by atoms with Crippen molar-refractivity contribution in [3.05, 3.63) is 95.6 Å². The van der Waals surface area contributed by atoms with Gasteiger partial charge in [0.05, 0.1) is 21.2 Å². The molecule has 0 unspecified atom stereocenters. The molecule has 15 heteroatoms. The van der Waals surface area contributed by atoms with E-state index in [1.165, 1.54) is 38.4 Å². The van der Waals surface area contributed by atoms with Gasteiger partial charge in [0.25, 0.3) is 0 Å². The number of benzene rings is 3. The molecule has 1 aromatic heterocycles. The van der Waals surface area contributed by atoms with Gasteiger partial charge >= 0.3 is 0 Å². The highest BCUT2D eigenvalue weighted by Gasteiger charge is 2.26. The van der Waals surface area contributed by atoms with Crippen LogP contribution in [-0.4, -0.2) is 52.3 Å². The fraction of sp³-hybridized carbons (Fsp3) is 0.273. The second kappa shape index (κ2) is 15.0. The van der Waals surface area contributed by atoms with Crippen LogP contribution < -0.4 is 25.6 Å². The van der Waals surface area contributed by atoms with Gasteiger partial charge in [0.15, 0.2) is 11.6 Å². The fourth-order valence-corrected chi connectivity index (χ4v) is 6.80. The van der Waals surface area contributed by atoms with Crippen LogP contribution in [0.25, 0.3) is 0 Å². The van der Waals surface area contributed by atoms with Gasteiger partial charge in [-0.3, -0.25) is 10.9 Å². The molecule has 4 aromatic rings. The van der Waals surface area contributed by atoms with Gasteiger partial charge in [-0.25, -0.2) is 26.3 Å². The van der Waals surface area contributed by atoms with Crippen molar-refractivity contribution >= 4 is 54.7 Å². The van der Waals surface area contributed by atoms with Crippen LogP contribution in [0.2, 0.25) is 0 Å². The predicted molar refractivity (Wildman–Crippen MR) is 190 cm³/mol. The molecule has 5 rings (SSSR count). The summed E-state index contributed by atoms with van der Waals surface area (Å²) in [7, 11) is -4.37. The van der Waals surface area contributed by atoms with Crippen LogP contribution in [0, 0.1) is 0 Å². The molecule has 1 heterocycles. The number of sulfonamides is 2. The Morgan fingerprint density at radius 3 is 1.52 bits per heavy atom. The molecule has 0 radical (unpaired) electrons. The molecule has 3 aromatic carbocycles. The third-order valence-electron chi connectivity index (χ3n) is 8.10. The van der Waals surface area contributed by atoms with Gasteiger partial charge in [0.2, 0.25) is 26.0 Å². The molecule has 5 N–H and O–H groups in total. The maximum atomic E-state index is 12.2. The maximum absolute atomic E-state index is 12.2. The van der Waals surface area contributed by atoms with E-state index in [-0.39, 0.29) is 15.7 Å². The minimum atomic E-state index is -3.56. The number of nitrogens with one attached hydrogen (secondary N) is 5. The van der Waals surface area contributed by atoms with Gasteiger partial charge in [-0.05, 0) is 94.2 Å². The van der Waals surface area contributed by atoms with Gasteiger partial charge in [0, 0.05) is 11.3 Å². The van der Waals surface area contributed by atoms with Gasteiger partial charge in [0.1, 0.15) is 0 Å². The van der Waals surface area contributed by atoms with E-state index in [0.717, 1.165) is 48.1 Å². The lowest BCUT2D eigenvalue weighted by molar-refractivity contribution is 0.586. The van der Waals surface area contributed by atoms with E-state index >= 15 is 0 Å². The van der Waals surface area contributed by atoms with Crippen molar-refractivity contribution in [3.8, 4) is 0 Å². The molecule has 252 valence electrons. The van der Waals surface area contributed by atoms with Gasteiger partial charge < -0.3 is 5.32 Å². The van der Waals surface area contributed by atoms with Crippen LogP contribution in [0.3, 0.4) is 0 Å². The summed E-state index contributed by atoms with van der Waals surface area (Å²) >= 11 is 0. The van der Waals surface area contributed by atoms with Crippen molar-refractivity contribution in [2.24, 2.45) is 10.2 Å². The van der Waals surface area contributed by atoms with Crippen molar-refractivity contribution < 1.29 is 16.8 Å². The Morgan fingerprint density at radius 1 is 0.667 bits per heavy atom. The molecule has 0 bridgehead atoms. The van der Waals surface area contributed by atoms with E-state index in [1.807, 2.05) is 44.2 Å². The first-order valence-corrected chi connectivity index (χ1v) is 18.4. The normalized spacial score (nSPS) is 14.6. The Balaban J connectivity index is 1.51. The molecular formula is C33H39N9O4S2. The minimum absolute atomic E-state index is 0.156. The van der Waals surface area contributed by atoms with Crippen molar-refractivity contribution in [2.45, 2.75) is 55.2 Å². The highest BCUT2D eigenvalue weighted by Crippen LogP contribution is 2.41. The zero-order valence-corrected chi connectivity index (χ0v) is 28.8. The predicted octanol–water partition coefficient (Wildman–Crippen LogP) is 5.37. The Morgan fingerprint density at radius 2 is 1.10 bits per heavy atom. The maximum Gasteiger partial charge on any atom is 0.240 e. The van der Waals surface area contributed by atoms with E-state index in [4.69, 9.17) is 9.97 Å². The van der Waals surface area contributed by atoms with Crippen molar-refractivity contribution in [2.75, 3.05) is 30.3 Å². The van der Waals surface area contributed by atoms with Gasteiger partial charge in [-0.2, -0.15) is 20.2 Å². The second-order valence-corrected chi connectivity index (χ2v) is 15.0. The third-order valence-corrected chi connectivity index (χ3v) is 11.0. The molecule has 0 aliphatic heterocycles. The largest absolute Gasteiger partial charge is 0.324 e. The molecule has 48 heavy (non-hydrogen) atoms. The Labute approximate surface area is 281 Å². The summed E-state index contributed by atoms with van der Waals surface area (Å²) in [6.07, 6.45) is 4.04. The molecule has 13 nitrogen and oxygen atoms in total. The number of hydrogen-bond donors (Lipinski definition) is 5. The highest BCUT2D eigenvalue weighted by molar-refractivity contribution is 7.89. The van der Waals surface area contributed by atoms with Crippen LogP contribution >= 0.6 is 0 Å². The Bertz CT molecular complexity index is 1900. The average molecular weight is 690 g/mol. The van der Waals surface area contributed by atoms with Crippen LogP contribution in [0.1, 0.15) is 62.1 Å². The monoisotopic (exact) mass is 689 g/mol. The molecule has 0 spiro atoms. The molecule has 0 saturated heterocycles. The van der Waals surface area contributed by atoms with Crippen LogP contribution in [0.5, 0.6) is 0 Å². The van der Waals surface area contributed by atoms with Crippen molar-refractivity contribution in [1.29, 1.82) is 0 Å². The number of rotatable bonds is 13. The quantitative estimate of drug-likeness (QED) is 0.0912. The lowest BCUT2D eigenvalue weighted by atomic mass is 9.98. The summed E-state index contributed by atoms with van der Waals surface area (Å²) < 4.78 is 53.3. The Kier molecular flexibility index (Phi) is 10.8. The molecule has 0 amide bonds. The Hall–Kier alpha value is -4.70. The average Bonchev–Trinajstić information content (AvgIpc) is 3.64. The number of nitrogens with zero attached hydrogens (tertiary/aromatic N) is 4. The lowest BCUT2D eigenvalue weighted by Crippen LogP contribution is -2.18. The summed E-state index contributed by atoms with van der Waals surface area (Å²) in [6, 6.07) is 22.5.